The molecule has 0 amide bonds. The maximum atomic E-state index is 12.4. The van der Waals surface area contributed by atoms with Gasteiger partial charge in [-0.15, -0.1) is 0 Å². The van der Waals surface area contributed by atoms with E-state index >= 15 is 0 Å². The van der Waals surface area contributed by atoms with E-state index in [0.29, 0.717) is 6.07 Å². The molecule has 0 spiro atoms. The van der Waals surface area contributed by atoms with Crippen LogP contribution in [0.15, 0.2) is 18.2 Å². The van der Waals surface area contributed by atoms with Crippen LogP contribution in [0, 0.1) is 0 Å². The van der Waals surface area contributed by atoms with Gasteiger partial charge in [0.05, 0.1) is 12.7 Å². The smallest absolute Gasteiger partial charge is 0.416 e. The van der Waals surface area contributed by atoms with Gasteiger partial charge < -0.3 is 8.92 Å². The van der Waals surface area contributed by atoms with Crippen LogP contribution in [0.5, 0.6) is 11.5 Å². The molecule has 9 heteroatoms. The molecule has 0 radical (unpaired) electrons. The number of methoxy groups -OCH3 is 1. The quantitative estimate of drug-likeness (QED) is 0.898. The number of ether oxygens (including phenoxy) is 1. The van der Waals surface area contributed by atoms with Crippen LogP contribution >= 0.6 is 0 Å². The summed E-state index contributed by atoms with van der Waals surface area (Å²) in [4.78, 5) is 0. The van der Waals surface area contributed by atoms with Gasteiger partial charge in [0.2, 0.25) is 0 Å². The Morgan fingerprint density at radius 1 is 1.24 bits per heavy atom. The second-order valence-corrected chi connectivity index (χ2v) is 4.09. The zero-order valence-corrected chi connectivity index (χ0v) is 9.30. The van der Waals surface area contributed by atoms with Crippen molar-refractivity contribution in [3.8, 4) is 11.5 Å². The molecule has 0 bridgehead atoms. The van der Waals surface area contributed by atoms with E-state index < -0.39 is 27.8 Å². The number of halogens is 3. The zero-order valence-electron chi connectivity index (χ0n) is 8.48. The van der Waals surface area contributed by atoms with Crippen LogP contribution in [0.4, 0.5) is 13.2 Å². The van der Waals surface area contributed by atoms with E-state index in [1.807, 2.05) is 0 Å². The lowest BCUT2D eigenvalue weighted by molar-refractivity contribution is -0.137. The number of hydrogen-bond donors (Lipinski definition) is 1. The minimum absolute atomic E-state index is 0.174. The Balaban J connectivity index is 3.25. The number of nitrogens with two attached hydrogens (primary N) is 1. The minimum Gasteiger partial charge on any atom is -0.493 e. The maximum Gasteiger partial charge on any atom is 0.416 e. The SMILES string of the molecule is COc1ccc(C(F)(F)F)cc1OS(N)(=O)=O. The van der Waals surface area contributed by atoms with Crippen LogP contribution in [0.1, 0.15) is 5.56 Å². The Kier molecular flexibility index (Phi) is 3.53. The lowest BCUT2D eigenvalue weighted by Gasteiger charge is -2.11. The molecule has 1 rings (SSSR count). The van der Waals surface area contributed by atoms with Crippen LogP contribution in [-0.4, -0.2) is 15.5 Å². The molecule has 1 aromatic rings. The third kappa shape index (κ3) is 3.79. The van der Waals surface area contributed by atoms with Gasteiger partial charge in [0.1, 0.15) is 0 Å². The summed E-state index contributed by atoms with van der Waals surface area (Å²) in [5, 5.41) is 4.56. The largest absolute Gasteiger partial charge is 0.493 e. The molecule has 0 heterocycles. The van der Waals surface area contributed by atoms with Crippen molar-refractivity contribution in [2.24, 2.45) is 5.14 Å². The van der Waals surface area contributed by atoms with Crippen LogP contribution in [-0.2, 0) is 16.5 Å². The first-order valence-electron chi connectivity index (χ1n) is 4.11. The van der Waals surface area contributed by atoms with Gasteiger partial charge in [-0.2, -0.15) is 26.7 Å². The Hall–Kier alpha value is -1.48. The first kappa shape index (κ1) is 13.6. The Morgan fingerprint density at radius 2 is 1.82 bits per heavy atom. The molecule has 0 aromatic heterocycles. The summed E-state index contributed by atoms with van der Waals surface area (Å²) in [6, 6.07) is 2.15. The van der Waals surface area contributed by atoms with Gasteiger partial charge in [-0.05, 0) is 18.2 Å². The molecule has 2 N–H and O–H groups in total. The fourth-order valence-corrected chi connectivity index (χ4v) is 1.42. The van der Waals surface area contributed by atoms with E-state index in [-0.39, 0.29) is 5.75 Å². The second-order valence-electron chi connectivity index (χ2n) is 2.94. The Morgan fingerprint density at radius 3 is 2.24 bits per heavy atom. The van der Waals surface area contributed by atoms with E-state index in [0.717, 1.165) is 19.2 Å². The van der Waals surface area contributed by atoms with E-state index in [1.54, 1.807) is 0 Å². The molecule has 0 saturated carbocycles. The lowest BCUT2D eigenvalue weighted by atomic mass is 10.2. The molecule has 17 heavy (non-hydrogen) atoms. The van der Waals surface area contributed by atoms with Crippen molar-refractivity contribution in [3.63, 3.8) is 0 Å². The van der Waals surface area contributed by atoms with Crippen molar-refractivity contribution in [1.82, 2.24) is 0 Å². The molecular weight excluding hydrogens is 263 g/mol. The summed E-state index contributed by atoms with van der Waals surface area (Å²) in [5.74, 6) is -0.795. The predicted octanol–water partition coefficient (Wildman–Crippen LogP) is 1.30. The highest BCUT2D eigenvalue weighted by Gasteiger charge is 2.32. The molecule has 0 saturated heterocycles. The van der Waals surface area contributed by atoms with Crippen molar-refractivity contribution >= 4 is 10.3 Å². The monoisotopic (exact) mass is 271 g/mol. The highest BCUT2D eigenvalue weighted by atomic mass is 32.2. The third-order valence-electron chi connectivity index (χ3n) is 1.70. The average molecular weight is 271 g/mol. The van der Waals surface area contributed by atoms with Crippen LogP contribution in [0.3, 0.4) is 0 Å². The Labute approximate surface area is 95.2 Å². The molecule has 0 unspecified atom stereocenters. The van der Waals surface area contributed by atoms with E-state index in [4.69, 9.17) is 0 Å². The number of benzene rings is 1. The fraction of sp³-hybridized carbons (Fsp3) is 0.250. The maximum absolute atomic E-state index is 12.4. The van der Waals surface area contributed by atoms with E-state index in [2.05, 4.69) is 14.1 Å². The summed E-state index contributed by atoms with van der Waals surface area (Å²) >= 11 is 0. The molecular formula is C8H8F3NO4S. The Bertz CT molecular complexity index is 512. The first-order valence-corrected chi connectivity index (χ1v) is 5.58. The van der Waals surface area contributed by atoms with Gasteiger partial charge in [-0.25, -0.2) is 0 Å². The molecule has 96 valence electrons. The summed E-state index contributed by atoms with van der Waals surface area (Å²) < 4.78 is 67.2. The lowest BCUT2D eigenvalue weighted by Crippen LogP contribution is -2.19. The summed E-state index contributed by atoms with van der Waals surface area (Å²) in [6.45, 7) is 0. The third-order valence-corrected chi connectivity index (χ3v) is 2.11. The van der Waals surface area contributed by atoms with Crippen molar-refractivity contribution in [2.45, 2.75) is 6.18 Å². The van der Waals surface area contributed by atoms with Gasteiger partial charge in [0.15, 0.2) is 11.5 Å². The van der Waals surface area contributed by atoms with Gasteiger partial charge in [0, 0.05) is 0 Å². The van der Waals surface area contributed by atoms with Gasteiger partial charge in [-0.1, -0.05) is 0 Å². The molecule has 1 aromatic carbocycles. The normalized spacial score (nSPS) is 12.3. The van der Waals surface area contributed by atoms with E-state index in [1.165, 1.54) is 0 Å². The summed E-state index contributed by atoms with van der Waals surface area (Å²) in [7, 11) is -3.27. The highest BCUT2D eigenvalue weighted by molar-refractivity contribution is 7.84. The van der Waals surface area contributed by atoms with Crippen molar-refractivity contribution in [2.75, 3.05) is 7.11 Å². The van der Waals surface area contributed by atoms with Crippen molar-refractivity contribution in [1.29, 1.82) is 0 Å². The topological polar surface area (TPSA) is 78.6 Å². The fourth-order valence-electron chi connectivity index (χ4n) is 1.04. The summed E-state index contributed by atoms with van der Waals surface area (Å²) in [5.41, 5.74) is -1.07. The zero-order chi connectivity index (χ0) is 13.3. The number of alkyl halides is 3. The summed E-state index contributed by atoms with van der Waals surface area (Å²) in [6.07, 6.45) is -4.62. The van der Waals surface area contributed by atoms with Crippen LogP contribution in [0.25, 0.3) is 0 Å². The molecule has 0 atom stereocenters. The number of rotatable bonds is 3. The molecule has 5 nitrogen and oxygen atoms in total. The molecule has 0 fully saturated rings. The average Bonchev–Trinajstić information content (AvgIpc) is 2.13. The molecule has 0 aliphatic heterocycles. The van der Waals surface area contributed by atoms with Crippen LogP contribution < -0.4 is 14.1 Å². The second kappa shape index (κ2) is 4.41. The van der Waals surface area contributed by atoms with Gasteiger partial charge in [0.25, 0.3) is 0 Å². The standard InChI is InChI=1S/C8H8F3NO4S/c1-15-6-3-2-5(8(9,10)11)4-7(6)16-17(12,13)14/h2-4H,1H3,(H2,12,13,14). The van der Waals surface area contributed by atoms with Crippen molar-refractivity contribution in [3.05, 3.63) is 23.8 Å². The first-order chi connectivity index (χ1) is 7.63. The molecule has 0 aliphatic rings. The predicted molar refractivity (Wildman–Crippen MR) is 51.7 cm³/mol. The van der Waals surface area contributed by atoms with Crippen LogP contribution in [0.2, 0.25) is 0 Å². The molecule has 0 aliphatic carbocycles. The van der Waals surface area contributed by atoms with Gasteiger partial charge >= 0.3 is 16.5 Å². The minimum atomic E-state index is -4.62. The van der Waals surface area contributed by atoms with Crippen molar-refractivity contribution < 1.29 is 30.5 Å². The van der Waals surface area contributed by atoms with Gasteiger partial charge in [-0.3, -0.25) is 0 Å². The highest BCUT2D eigenvalue weighted by Crippen LogP contribution is 2.36. The number of hydrogen-bond acceptors (Lipinski definition) is 4. The van der Waals surface area contributed by atoms with E-state index in [9.17, 15) is 21.6 Å².